The topological polar surface area (TPSA) is 3.24 Å². The first-order chi connectivity index (χ1) is 12.7. The van der Waals surface area contributed by atoms with Gasteiger partial charge in [0.15, 0.2) is 0 Å². The van der Waals surface area contributed by atoms with Gasteiger partial charge in [-0.15, -0.1) is 0 Å². The zero-order valence-electron chi connectivity index (χ0n) is 15.3. The molecule has 1 nitrogen and oxygen atoms in total. The number of rotatable bonds is 4. The van der Waals surface area contributed by atoms with E-state index in [1.165, 1.54) is 69.3 Å². The van der Waals surface area contributed by atoms with E-state index < -0.39 is 11.6 Å². The minimum atomic E-state index is -0.529. The fourth-order valence-corrected chi connectivity index (χ4v) is 4.72. The van der Waals surface area contributed by atoms with Gasteiger partial charge in [0.1, 0.15) is 11.6 Å². The molecule has 2 aromatic carbocycles. The third kappa shape index (κ3) is 4.15. The Labute approximate surface area is 155 Å². The molecule has 0 radical (unpaired) electrons. The van der Waals surface area contributed by atoms with Gasteiger partial charge in [0.25, 0.3) is 0 Å². The van der Waals surface area contributed by atoms with Crippen molar-refractivity contribution in [2.45, 2.75) is 44.4 Å². The fourth-order valence-electron chi connectivity index (χ4n) is 4.72. The molecule has 2 aliphatic rings. The van der Waals surface area contributed by atoms with Crippen LogP contribution < -0.4 is 0 Å². The summed E-state index contributed by atoms with van der Waals surface area (Å²) in [6.07, 6.45) is 8.11. The normalized spacial score (nSPS) is 22.0. The molecule has 1 aliphatic carbocycles. The van der Waals surface area contributed by atoms with Crippen LogP contribution in [0.2, 0.25) is 0 Å². The minimum Gasteiger partial charge on any atom is -0.302 e. The van der Waals surface area contributed by atoms with Crippen LogP contribution in [-0.2, 0) is 0 Å². The first-order valence-corrected chi connectivity index (χ1v) is 9.96. The predicted octanol–water partition coefficient (Wildman–Crippen LogP) is 6.00. The molecule has 0 N–H and O–H groups in total. The van der Waals surface area contributed by atoms with Gasteiger partial charge < -0.3 is 4.90 Å². The fraction of sp³-hybridized carbons (Fsp3) is 0.478. The maximum Gasteiger partial charge on any atom is 0.126 e. The summed E-state index contributed by atoms with van der Waals surface area (Å²) in [4.78, 5) is 2.65. The van der Waals surface area contributed by atoms with Gasteiger partial charge in [0, 0.05) is 19.2 Å². The van der Waals surface area contributed by atoms with Crippen LogP contribution in [0.4, 0.5) is 8.78 Å². The van der Waals surface area contributed by atoms with Crippen molar-refractivity contribution in [2.75, 3.05) is 19.6 Å². The van der Waals surface area contributed by atoms with Crippen molar-refractivity contribution in [2.24, 2.45) is 5.92 Å². The lowest BCUT2D eigenvalue weighted by Crippen LogP contribution is -2.37. The zero-order valence-corrected chi connectivity index (χ0v) is 15.3. The SMILES string of the molecule is Fc1cc(F)cc(-c2ccc([C@@H]3CCCN(CC4CCCC4)C3)cc2)c1. The molecule has 0 bridgehead atoms. The molecule has 1 heterocycles. The second kappa shape index (κ2) is 7.87. The van der Waals surface area contributed by atoms with Crippen molar-refractivity contribution in [1.29, 1.82) is 0 Å². The van der Waals surface area contributed by atoms with Crippen molar-refractivity contribution in [1.82, 2.24) is 4.90 Å². The molecule has 1 saturated heterocycles. The molecular formula is C23H27F2N. The third-order valence-corrected chi connectivity index (χ3v) is 6.07. The summed E-state index contributed by atoms with van der Waals surface area (Å²) in [5, 5.41) is 0. The van der Waals surface area contributed by atoms with Crippen LogP contribution in [0.1, 0.15) is 50.0 Å². The van der Waals surface area contributed by atoms with Crippen LogP contribution in [-0.4, -0.2) is 24.5 Å². The van der Waals surface area contributed by atoms with Crippen LogP contribution in [0.3, 0.4) is 0 Å². The number of halogens is 2. The number of hydrogen-bond acceptors (Lipinski definition) is 1. The molecule has 4 rings (SSSR count). The molecule has 138 valence electrons. The lowest BCUT2D eigenvalue weighted by Gasteiger charge is -2.34. The van der Waals surface area contributed by atoms with E-state index in [-0.39, 0.29) is 0 Å². The van der Waals surface area contributed by atoms with E-state index in [9.17, 15) is 8.78 Å². The first kappa shape index (κ1) is 17.7. The Morgan fingerprint density at radius 1 is 0.808 bits per heavy atom. The number of piperidine rings is 1. The first-order valence-electron chi connectivity index (χ1n) is 9.96. The molecule has 1 saturated carbocycles. The largest absolute Gasteiger partial charge is 0.302 e. The summed E-state index contributed by atoms with van der Waals surface area (Å²) in [6, 6.07) is 12.0. The summed E-state index contributed by atoms with van der Waals surface area (Å²) in [7, 11) is 0. The minimum absolute atomic E-state index is 0.529. The van der Waals surface area contributed by atoms with Gasteiger partial charge in [-0.25, -0.2) is 8.78 Å². The van der Waals surface area contributed by atoms with Crippen LogP contribution in [0.25, 0.3) is 11.1 Å². The lowest BCUT2D eigenvalue weighted by molar-refractivity contribution is 0.179. The Morgan fingerprint density at radius 2 is 1.50 bits per heavy atom. The van der Waals surface area contributed by atoms with Crippen LogP contribution in [0.15, 0.2) is 42.5 Å². The van der Waals surface area contributed by atoms with Crippen molar-refractivity contribution in [3.8, 4) is 11.1 Å². The van der Waals surface area contributed by atoms with E-state index >= 15 is 0 Å². The molecule has 3 heteroatoms. The zero-order chi connectivity index (χ0) is 17.9. The van der Waals surface area contributed by atoms with Gasteiger partial charge in [0.05, 0.1) is 0 Å². The monoisotopic (exact) mass is 355 g/mol. The van der Waals surface area contributed by atoms with E-state index in [2.05, 4.69) is 17.0 Å². The Morgan fingerprint density at radius 3 is 2.19 bits per heavy atom. The van der Waals surface area contributed by atoms with Gasteiger partial charge >= 0.3 is 0 Å². The highest BCUT2D eigenvalue weighted by atomic mass is 19.1. The summed E-state index contributed by atoms with van der Waals surface area (Å²) in [6.45, 7) is 3.63. The van der Waals surface area contributed by atoms with E-state index in [1.54, 1.807) is 0 Å². The molecule has 1 atom stereocenters. The molecule has 2 aromatic rings. The second-order valence-electron chi connectivity index (χ2n) is 8.03. The van der Waals surface area contributed by atoms with Gasteiger partial charge in [-0.05, 0) is 72.9 Å². The lowest BCUT2D eigenvalue weighted by atomic mass is 9.89. The average molecular weight is 355 g/mol. The number of nitrogens with zero attached hydrogens (tertiary/aromatic N) is 1. The third-order valence-electron chi connectivity index (χ3n) is 6.07. The maximum atomic E-state index is 13.4. The van der Waals surface area contributed by atoms with Gasteiger partial charge in [0.2, 0.25) is 0 Å². The second-order valence-corrected chi connectivity index (χ2v) is 8.03. The van der Waals surface area contributed by atoms with Crippen molar-refractivity contribution in [3.63, 3.8) is 0 Å². The van der Waals surface area contributed by atoms with Crippen LogP contribution >= 0.6 is 0 Å². The molecule has 26 heavy (non-hydrogen) atoms. The van der Waals surface area contributed by atoms with E-state index in [1.807, 2.05) is 12.1 Å². The van der Waals surface area contributed by atoms with Gasteiger partial charge in [-0.1, -0.05) is 37.1 Å². The van der Waals surface area contributed by atoms with E-state index in [4.69, 9.17) is 0 Å². The smallest absolute Gasteiger partial charge is 0.126 e. The molecule has 0 amide bonds. The van der Waals surface area contributed by atoms with Gasteiger partial charge in [-0.3, -0.25) is 0 Å². The quantitative estimate of drug-likeness (QED) is 0.650. The highest BCUT2D eigenvalue weighted by Gasteiger charge is 2.24. The number of hydrogen-bond donors (Lipinski definition) is 0. The molecule has 2 fully saturated rings. The standard InChI is InChI=1S/C23H27F2N/c24-22-12-21(13-23(25)14-22)19-9-7-18(8-10-19)20-6-3-11-26(16-20)15-17-4-1-2-5-17/h7-10,12-14,17,20H,1-6,11,15-16H2/t20-/m1/s1. The Bertz CT molecular complexity index is 714. The Hall–Kier alpha value is -1.74. The van der Waals surface area contributed by atoms with E-state index in [0.29, 0.717) is 11.5 Å². The average Bonchev–Trinajstić information content (AvgIpc) is 3.14. The highest BCUT2D eigenvalue weighted by molar-refractivity contribution is 5.63. The molecule has 1 aliphatic heterocycles. The van der Waals surface area contributed by atoms with Crippen LogP contribution in [0, 0.1) is 17.6 Å². The molecule has 0 spiro atoms. The summed E-state index contributed by atoms with van der Waals surface area (Å²) >= 11 is 0. The summed E-state index contributed by atoms with van der Waals surface area (Å²) in [5.41, 5.74) is 2.81. The molecule has 0 unspecified atom stereocenters. The summed E-state index contributed by atoms with van der Waals surface area (Å²) in [5.74, 6) is 0.417. The van der Waals surface area contributed by atoms with Crippen molar-refractivity contribution < 1.29 is 8.78 Å². The van der Waals surface area contributed by atoms with Crippen LogP contribution in [0.5, 0.6) is 0 Å². The van der Waals surface area contributed by atoms with Crippen molar-refractivity contribution in [3.05, 3.63) is 59.7 Å². The summed E-state index contributed by atoms with van der Waals surface area (Å²) < 4.78 is 26.9. The van der Waals surface area contributed by atoms with Crippen molar-refractivity contribution >= 4 is 0 Å². The molecular weight excluding hydrogens is 328 g/mol. The van der Waals surface area contributed by atoms with E-state index in [0.717, 1.165) is 24.1 Å². The maximum absolute atomic E-state index is 13.4. The predicted molar refractivity (Wildman–Crippen MR) is 102 cm³/mol. The Balaban J connectivity index is 1.44. The molecule has 0 aromatic heterocycles. The van der Waals surface area contributed by atoms with Gasteiger partial charge in [-0.2, -0.15) is 0 Å². The highest BCUT2D eigenvalue weighted by Crippen LogP contribution is 2.32. The Kier molecular flexibility index (Phi) is 5.35. The number of benzene rings is 2. The number of likely N-dealkylation sites (tertiary alicyclic amines) is 1.